The molecule has 2 aromatic carbocycles. The van der Waals surface area contributed by atoms with Crippen LogP contribution in [0.3, 0.4) is 0 Å². The Hall–Kier alpha value is -3.15. The number of aryl methyl sites for hydroxylation is 1. The van der Waals surface area contributed by atoms with Gasteiger partial charge in [0, 0.05) is 31.4 Å². The zero-order chi connectivity index (χ0) is 18.4. The van der Waals surface area contributed by atoms with Gasteiger partial charge in [-0.05, 0) is 43.7 Å². The first-order chi connectivity index (χ1) is 13.2. The minimum absolute atomic E-state index is 0.386. The van der Waals surface area contributed by atoms with Gasteiger partial charge in [-0.3, -0.25) is 4.40 Å². The van der Waals surface area contributed by atoms with Gasteiger partial charge in [0.15, 0.2) is 5.82 Å². The van der Waals surface area contributed by atoms with Crippen molar-refractivity contribution < 1.29 is 0 Å². The molecule has 1 unspecified atom stereocenters. The lowest BCUT2D eigenvalue weighted by Crippen LogP contribution is -2.52. The van der Waals surface area contributed by atoms with Crippen LogP contribution in [0.4, 0.5) is 11.5 Å². The molecule has 0 spiro atoms. The molecule has 2 aromatic heterocycles. The smallest absolute Gasteiger partial charge is 0.204 e. The van der Waals surface area contributed by atoms with E-state index in [2.05, 4.69) is 64.2 Å². The molecule has 6 nitrogen and oxygen atoms in total. The van der Waals surface area contributed by atoms with E-state index < -0.39 is 0 Å². The Bertz CT molecular complexity index is 1120. The average molecular weight is 358 g/mol. The number of anilines is 2. The number of aromatic nitrogens is 4. The molecule has 1 aliphatic heterocycles. The van der Waals surface area contributed by atoms with E-state index in [0.29, 0.717) is 6.04 Å². The second-order valence-electron chi connectivity index (χ2n) is 7.28. The Morgan fingerprint density at radius 2 is 1.93 bits per heavy atom. The number of piperazine rings is 1. The van der Waals surface area contributed by atoms with Crippen molar-refractivity contribution in [2.24, 2.45) is 0 Å². The van der Waals surface area contributed by atoms with Crippen molar-refractivity contribution in [3.8, 4) is 0 Å². The number of hydrogen-bond acceptors (Lipinski definition) is 5. The summed E-state index contributed by atoms with van der Waals surface area (Å²) in [7, 11) is 0. The second-order valence-corrected chi connectivity index (χ2v) is 7.28. The number of nitrogens with zero attached hydrogens (tertiary/aromatic N) is 6. The van der Waals surface area contributed by atoms with Gasteiger partial charge in [-0.1, -0.05) is 24.3 Å². The first-order valence-corrected chi connectivity index (χ1v) is 9.37. The normalized spacial score (nSPS) is 17.8. The fourth-order valence-electron chi connectivity index (χ4n) is 4.04. The van der Waals surface area contributed by atoms with Gasteiger partial charge >= 0.3 is 0 Å². The van der Waals surface area contributed by atoms with E-state index in [1.54, 1.807) is 6.33 Å². The molecule has 0 saturated carbocycles. The summed E-state index contributed by atoms with van der Waals surface area (Å²) < 4.78 is 2.04. The standard InChI is InChI=1S/C21H22N6/c1-15-6-5-7-17(12-15)26-11-10-25(13-16(26)2)20-21-24-22-14-27(21)19-9-4-3-8-18(19)23-20/h3-9,12,14,16H,10-11,13H2,1-2H3. The van der Waals surface area contributed by atoms with Crippen LogP contribution in [0.15, 0.2) is 54.9 Å². The third-order valence-corrected chi connectivity index (χ3v) is 5.38. The van der Waals surface area contributed by atoms with Gasteiger partial charge in [-0.25, -0.2) is 4.98 Å². The van der Waals surface area contributed by atoms with Gasteiger partial charge in [0.2, 0.25) is 5.65 Å². The van der Waals surface area contributed by atoms with Crippen molar-refractivity contribution in [1.82, 2.24) is 19.6 Å². The lowest BCUT2D eigenvalue weighted by atomic mass is 10.1. The van der Waals surface area contributed by atoms with Crippen molar-refractivity contribution in [1.29, 1.82) is 0 Å². The molecule has 5 rings (SSSR count). The third kappa shape index (κ3) is 2.68. The number of para-hydroxylation sites is 2. The predicted octanol–water partition coefficient (Wildman–Crippen LogP) is 3.30. The molecular formula is C21H22N6. The minimum atomic E-state index is 0.386. The average Bonchev–Trinajstić information content (AvgIpc) is 3.17. The fourth-order valence-corrected chi connectivity index (χ4v) is 4.04. The SMILES string of the molecule is Cc1cccc(N2CCN(c3nc4ccccc4n4cnnc34)CC2C)c1. The molecule has 6 heteroatoms. The maximum Gasteiger partial charge on any atom is 0.204 e. The van der Waals surface area contributed by atoms with Crippen molar-refractivity contribution in [3.05, 3.63) is 60.4 Å². The Kier molecular flexibility index (Phi) is 3.70. The molecule has 136 valence electrons. The van der Waals surface area contributed by atoms with Crippen LogP contribution in [-0.2, 0) is 0 Å². The highest BCUT2D eigenvalue weighted by Crippen LogP contribution is 2.27. The van der Waals surface area contributed by atoms with Crippen LogP contribution in [0.5, 0.6) is 0 Å². The van der Waals surface area contributed by atoms with Crippen LogP contribution >= 0.6 is 0 Å². The summed E-state index contributed by atoms with van der Waals surface area (Å²) in [6.07, 6.45) is 1.77. The lowest BCUT2D eigenvalue weighted by molar-refractivity contribution is 0.548. The number of benzene rings is 2. The van der Waals surface area contributed by atoms with Gasteiger partial charge in [0.25, 0.3) is 0 Å². The van der Waals surface area contributed by atoms with Crippen molar-refractivity contribution >= 4 is 28.2 Å². The number of fused-ring (bicyclic) bond motifs is 3. The molecule has 4 aromatic rings. The highest BCUT2D eigenvalue weighted by atomic mass is 15.3. The Morgan fingerprint density at radius 3 is 2.78 bits per heavy atom. The lowest BCUT2D eigenvalue weighted by Gasteiger charge is -2.41. The summed E-state index contributed by atoms with van der Waals surface area (Å²) in [6.45, 7) is 7.19. The maximum atomic E-state index is 4.93. The van der Waals surface area contributed by atoms with E-state index in [4.69, 9.17) is 4.98 Å². The zero-order valence-corrected chi connectivity index (χ0v) is 15.6. The van der Waals surface area contributed by atoms with E-state index >= 15 is 0 Å². The molecule has 0 N–H and O–H groups in total. The first kappa shape index (κ1) is 16.1. The maximum absolute atomic E-state index is 4.93. The van der Waals surface area contributed by atoms with Crippen LogP contribution < -0.4 is 9.80 Å². The Balaban J connectivity index is 1.50. The second kappa shape index (κ2) is 6.23. The van der Waals surface area contributed by atoms with Crippen molar-refractivity contribution in [2.75, 3.05) is 29.4 Å². The molecule has 1 fully saturated rings. The summed E-state index contributed by atoms with van der Waals surface area (Å²) in [5.74, 6) is 0.918. The van der Waals surface area contributed by atoms with Gasteiger partial charge in [0.05, 0.1) is 11.0 Å². The Labute approximate surface area is 158 Å². The van der Waals surface area contributed by atoms with E-state index in [-0.39, 0.29) is 0 Å². The van der Waals surface area contributed by atoms with Crippen molar-refractivity contribution in [2.45, 2.75) is 19.9 Å². The number of hydrogen-bond donors (Lipinski definition) is 0. The molecule has 0 bridgehead atoms. The molecule has 1 saturated heterocycles. The summed E-state index contributed by atoms with van der Waals surface area (Å²) in [5, 5.41) is 8.49. The zero-order valence-electron chi connectivity index (χ0n) is 15.6. The largest absolute Gasteiger partial charge is 0.365 e. The molecule has 0 aliphatic carbocycles. The summed E-state index contributed by atoms with van der Waals surface area (Å²) in [4.78, 5) is 9.75. The van der Waals surface area contributed by atoms with Gasteiger partial charge < -0.3 is 9.80 Å². The summed E-state index contributed by atoms with van der Waals surface area (Å²) in [5.41, 5.74) is 5.41. The molecule has 27 heavy (non-hydrogen) atoms. The summed E-state index contributed by atoms with van der Waals surface area (Å²) in [6, 6.07) is 17.3. The van der Waals surface area contributed by atoms with E-state index in [0.717, 1.165) is 42.1 Å². The predicted molar refractivity (Wildman–Crippen MR) is 108 cm³/mol. The van der Waals surface area contributed by atoms with Crippen LogP contribution in [0, 0.1) is 6.92 Å². The molecule has 0 amide bonds. The van der Waals surface area contributed by atoms with Crippen LogP contribution in [0.1, 0.15) is 12.5 Å². The molecular weight excluding hydrogens is 336 g/mol. The molecule has 0 radical (unpaired) electrons. The topological polar surface area (TPSA) is 49.6 Å². The first-order valence-electron chi connectivity index (χ1n) is 9.37. The van der Waals surface area contributed by atoms with Gasteiger partial charge in [-0.15, -0.1) is 10.2 Å². The van der Waals surface area contributed by atoms with E-state index in [1.807, 2.05) is 22.6 Å². The van der Waals surface area contributed by atoms with Crippen LogP contribution in [-0.4, -0.2) is 45.3 Å². The molecule has 3 heterocycles. The highest BCUT2D eigenvalue weighted by Gasteiger charge is 2.27. The highest BCUT2D eigenvalue weighted by molar-refractivity contribution is 5.83. The van der Waals surface area contributed by atoms with Gasteiger partial charge in [0.1, 0.15) is 6.33 Å². The fraction of sp³-hybridized carbons (Fsp3) is 0.286. The number of rotatable bonds is 2. The van der Waals surface area contributed by atoms with Crippen molar-refractivity contribution in [3.63, 3.8) is 0 Å². The van der Waals surface area contributed by atoms with Crippen LogP contribution in [0.25, 0.3) is 16.7 Å². The third-order valence-electron chi connectivity index (χ3n) is 5.38. The minimum Gasteiger partial charge on any atom is -0.365 e. The van der Waals surface area contributed by atoms with Gasteiger partial charge in [-0.2, -0.15) is 0 Å². The van der Waals surface area contributed by atoms with Crippen LogP contribution in [0.2, 0.25) is 0 Å². The Morgan fingerprint density at radius 1 is 1.04 bits per heavy atom. The summed E-state index contributed by atoms with van der Waals surface area (Å²) >= 11 is 0. The molecule has 1 atom stereocenters. The molecule has 1 aliphatic rings. The monoisotopic (exact) mass is 358 g/mol. The quantitative estimate of drug-likeness (QED) is 0.550. The van der Waals surface area contributed by atoms with E-state index in [1.165, 1.54) is 11.3 Å². The van der Waals surface area contributed by atoms with E-state index in [9.17, 15) is 0 Å².